The lowest BCUT2D eigenvalue weighted by Crippen LogP contribution is -2.29. The van der Waals surface area contributed by atoms with Crippen molar-refractivity contribution in [2.75, 3.05) is 13.1 Å². The highest BCUT2D eigenvalue weighted by Gasteiger charge is 2.25. The highest BCUT2D eigenvalue weighted by atomic mass is 14.9. The quantitative estimate of drug-likeness (QED) is 0.733. The molecule has 1 aromatic carbocycles. The highest BCUT2D eigenvalue weighted by Crippen LogP contribution is 2.37. The molecule has 0 saturated heterocycles. The summed E-state index contributed by atoms with van der Waals surface area (Å²) < 4.78 is 0. The fourth-order valence-corrected chi connectivity index (χ4v) is 3.85. The van der Waals surface area contributed by atoms with Crippen molar-refractivity contribution in [1.82, 2.24) is 5.32 Å². The average molecular weight is 287 g/mol. The molecule has 0 spiro atoms. The fourth-order valence-electron chi connectivity index (χ4n) is 3.85. The van der Waals surface area contributed by atoms with Crippen molar-refractivity contribution in [2.45, 2.75) is 65.7 Å². The maximum atomic E-state index is 3.71. The molecular formula is C20H33N. The predicted octanol–water partition coefficient (Wildman–Crippen LogP) is 5.21. The topological polar surface area (TPSA) is 12.0 Å². The van der Waals surface area contributed by atoms with Crippen LogP contribution >= 0.6 is 0 Å². The van der Waals surface area contributed by atoms with Gasteiger partial charge >= 0.3 is 0 Å². The maximum Gasteiger partial charge on any atom is -0.00146 e. The lowest BCUT2D eigenvalue weighted by atomic mass is 9.81. The van der Waals surface area contributed by atoms with Crippen LogP contribution in [0.25, 0.3) is 0 Å². The molecule has 1 aliphatic rings. The average Bonchev–Trinajstić information content (AvgIpc) is 2.62. The van der Waals surface area contributed by atoms with E-state index in [0.29, 0.717) is 0 Å². The summed E-state index contributed by atoms with van der Waals surface area (Å²) in [5.74, 6) is 2.31. The van der Waals surface area contributed by atoms with E-state index in [4.69, 9.17) is 0 Å². The van der Waals surface area contributed by atoms with Gasteiger partial charge in [0.1, 0.15) is 0 Å². The molecule has 1 heteroatoms. The maximum absolute atomic E-state index is 3.71. The van der Waals surface area contributed by atoms with Crippen LogP contribution in [0.1, 0.15) is 68.6 Å². The van der Waals surface area contributed by atoms with Gasteiger partial charge in [0.25, 0.3) is 0 Å². The first-order chi connectivity index (χ1) is 10.1. The number of hydrogen-bond acceptors (Lipinski definition) is 1. The molecule has 0 aromatic heterocycles. The van der Waals surface area contributed by atoms with Crippen molar-refractivity contribution >= 4 is 0 Å². The summed E-state index contributed by atoms with van der Waals surface area (Å²) >= 11 is 0. The Bertz CT molecular complexity index is 415. The fraction of sp³-hybridized carbons (Fsp3) is 0.700. The molecule has 0 amide bonds. The second-order valence-electron chi connectivity index (χ2n) is 7.48. The van der Waals surface area contributed by atoms with Crippen molar-refractivity contribution in [2.24, 2.45) is 11.8 Å². The third-order valence-corrected chi connectivity index (χ3v) is 4.79. The SMILES string of the molecule is Cc1cc(C)cc(C2CCCCCC2CNCC(C)C)c1. The highest BCUT2D eigenvalue weighted by molar-refractivity contribution is 5.31. The van der Waals surface area contributed by atoms with Gasteiger partial charge in [-0.05, 0) is 63.1 Å². The molecule has 0 aliphatic heterocycles. The number of nitrogens with one attached hydrogen (secondary N) is 1. The van der Waals surface area contributed by atoms with Crippen LogP contribution in [0, 0.1) is 25.7 Å². The van der Waals surface area contributed by atoms with E-state index in [0.717, 1.165) is 24.3 Å². The van der Waals surface area contributed by atoms with Crippen molar-refractivity contribution in [3.05, 3.63) is 34.9 Å². The van der Waals surface area contributed by atoms with Gasteiger partial charge in [0.15, 0.2) is 0 Å². The van der Waals surface area contributed by atoms with Gasteiger partial charge in [0.2, 0.25) is 0 Å². The van der Waals surface area contributed by atoms with Crippen LogP contribution in [0.3, 0.4) is 0 Å². The minimum atomic E-state index is 0.746. The van der Waals surface area contributed by atoms with Crippen LogP contribution in [0.4, 0.5) is 0 Å². The Hall–Kier alpha value is -0.820. The van der Waals surface area contributed by atoms with Gasteiger partial charge in [-0.15, -0.1) is 0 Å². The zero-order valence-corrected chi connectivity index (χ0v) is 14.4. The Morgan fingerprint density at radius 3 is 2.33 bits per heavy atom. The Morgan fingerprint density at radius 1 is 1.00 bits per heavy atom. The molecule has 1 aromatic rings. The monoisotopic (exact) mass is 287 g/mol. The van der Waals surface area contributed by atoms with Crippen LogP contribution in [0.5, 0.6) is 0 Å². The van der Waals surface area contributed by atoms with Gasteiger partial charge in [-0.1, -0.05) is 62.4 Å². The third kappa shape index (κ3) is 5.14. The van der Waals surface area contributed by atoms with Gasteiger partial charge in [0, 0.05) is 0 Å². The molecule has 2 unspecified atom stereocenters. The molecule has 0 bridgehead atoms. The lowest BCUT2D eigenvalue weighted by molar-refractivity contribution is 0.366. The van der Waals surface area contributed by atoms with E-state index >= 15 is 0 Å². The van der Waals surface area contributed by atoms with Gasteiger partial charge in [-0.2, -0.15) is 0 Å². The standard InChI is InChI=1S/C20H33N/c1-15(2)13-21-14-18-8-6-5-7-9-20(18)19-11-16(3)10-17(4)12-19/h10-12,15,18,20-21H,5-9,13-14H2,1-4H3. The normalized spacial score (nSPS) is 23.3. The zero-order valence-electron chi connectivity index (χ0n) is 14.4. The number of aryl methyl sites for hydroxylation is 2. The summed E-state index contributed by atoms with van der Waals surface area (Å²) in [5, 5.41) is 3.71. The van der Waals surface area contributed by atoms with Crippen molar-refractivity contribution in [3.63, 3.8) is 0 Å². The summed E-state index contributed by atoms with van der Waals surface area (Å²) in [7, 11) is 0. The van der Waals surface area contributed by atoms with Gasteiger partial charge < -0.3 is 5.32 Å². The van der Waals surface area contributed by atoms with Gasteiger partial charge in [-0.25, -0.2) is 0 Å². The van der Waals surface area contributed by atoms with Crippen molar-refractivity contribution < 1.29 is 0 Å². The van der Waals surface area contributed by atoms with Crippen molar-refractivity contribution in [1.29, 1.82) is 0 Å². The van der Waals surface area contributed by atoms with E-state index in [9.17, 15) is 0 Å². The molecule has 1 fully saturated rings. The minimum Gasteiger partial charge on any atom is -0.316 e. The first-order valence-corrected chi connectivity index (χ1v) is 8.85. The molecular weight excluding hydrogens is 254 g/mol. The summed E-state index contributed by atoms with van der Waals surface area (Å²) in [4.78, 5) is 0. The minimum absolute atomic E-state index is 0.746. The van der Waals surface area contributed by atoms with Crippen LogP contribution < -0.4 is 5.32 Å². The first-order valence-electron chi connectivity index (χ1n) is 8.85. The molecule has 1 N–H and O–H groups in total. The number of rotatable bonds is 5. The molecule has 1 nitrogen and oxygen atoms in total. The molecule has 2 atom stereocenters. The molecule has 1 saturated carbocycles. The third-order valence-electron chi connectivity index (χ3n) is 4.79. The van der Waals surface area contributed by atoms with Gasteiger partial charge in [0.05, 0.1) is 0 Å². The molecule has 118 valence electrons. The Morgan fingerprint density at radius 2 is 1.67 bits per heavy atom. The molecule has 21 heavy (non-hydrogen) atoms. The summed E-state index contributed by atoms with van der Waals surface area (Å²) in [5.41, 5.74) is 4.43. The van der Waals surface area contributed by atoms with Crippen LogP contribution in [-0.4, -0.2) is 13.1 Å². The van der Waals surface area contributed by atoms with E-state index in [1.165, 1.54) is 49.8 Å². The van der Waals surface area contributed by atoms with E-state index in [-0.39, 0.29) is 0 Å². The predicted molar refractivity (Wildman–Crippen MR) is 92.9 cm³/mol. The largest absolute Gasteiger partial charge is 0.316 e. The first kappa shape index (κ1) is 16.5. The Labute approximate surface area is 131 Å². The Kier molecular flexibility index (Phi) is 6.29. The Balaban J connectivity index is 2.10. The van der Waals surface area contributed by atoms with E-state index in [2.05, 4.69) is 51.2 Å². The molecule has 0 heterocycles. The van der Waals surface area contributed by atoms with E-state index in [1.54, 1.807) is 5.56 Å². The summed E-state index contributed by atoms with van der Waals surface area (Å²) in [6, 6.07) is 7.16. The summed E-state index contributed by atoms with van der Waals surface area (Å²) in [6.45, 7) is 11.4. The van der Waals surface area contributed by atoms with E-state index < -0.39 is 0 Å². The van der Waals surface area contributed by atoms with Gasteiger partial charge in [-0.3, -0.25) is 0 Å². The second-order valence-corrected chi connectivity index (χ2v) is 7.48. The molecule has 2 rings (SSSR count). The van der Waals surface area contributed by atoms with Crippen molar-refractivity contribution in [3.8, 4) is 0 Å². The number of benzene rings is 1. The molecule has 0 radical (unpaired) electrons. The van der Waals surface area contributed by atoms with Crippen LogP contribution in [0.2, 0.25) is 0 Å². The lowest BCUT2D eigenvalue weighted by Gasteiger charge is -2.27. The number of hydrogen-bond donors (Lipinski definition) is 1. The van der Waals surface area contributed by atoms with Crippen LogP contribution in [0.15, 0.2) is 18.2 Å². The smallest absolute Gasteiger partial charge is 0.00146 e. The summed E-state index contributed by atoms with van der Waals surface area (Å²) in [6.07, 6.45) is 7.00. The van der Waals surface area contributed by atoms with Crippen LogP contribution in [-0.2, 0) is 0 Å². The second kappa shape index (κ2) is 7.98. The zero-order chi connectivity index (χ0) is 15.2. The van der Waals surface area contributed by atoms with E-state index in [1.807, 2.05) is 0 Å². The molecule has 1 aliphatic carbocycles.